The summed E-state index contributed by atoms with van der Waals surface area (Å²) in [4.78, 5) is 0. The third-order valence-electron chi connectivity index (χ3n) is 3.35. The molecule has 1 fully saturated rings. The van der Waals surface area contributed by atoms with Gasteiger partial charge in [-0.05, 0) is 47.9 Å². The molecule has 0 spiro atoms. The molecular weight excluding hydrogens is 245 g/mol. The van der Waals surface area contributed by atoms with Crippen molar-refractivity contribution in [3.63, 3.8) is 0 Å². The molecule has 1 aromatic heterocycles. The van der Waals surface area contributed by atoms with E-state index in [2.05, 4.69) is 27.8 Å². The van der Waals surface area contributed by atoms with Gasteiger partial charge in [-0.25, -0.2) is 9.07 Å². The fourth-order valence-corrected chi connectivity index (χ4v) is 2.22. The van der Waals surface area contributed by atoms with Crippen molar-refractivity contribution in [3.8, 4) is 5.69 Å². The summed E-state index contributed by atoms with van der Waals surface area (Å²) in [5.74, 6) is 0.563. The van der Waals surface area contributed by atoms with E-state index in [1.165, 1.54) is 29.9 Å². The van der Waals surface area contributed by atoms with Crippen LogP contribution in [0.1, 0.15) is 26.2 Å². The molecule has 1 N–H and O–H groups in total. The van der Waals surface area contributed by atoms with Crippen LogP contribution in [0.2, 0.25) is 0 Å². The molecule has 100 valence electrons. The van der Waals surface area contributed by atoms with Crippen molar-refractivity contribution in [3.05, 3.63) is 30.3 Å². The number of rotatable bonds is 5. The number of hydrogen-bond acceptors (Lipinski definition) is 4. The van der Waals surface area contributed by atoms with E-state index in [1.54, 1.807) is 12.1 Å². The van der Waals surface area contributed by atoms with Gasteiger partial charge in [-0.3, -0.25) is 0 Å². The van der Waals surface area contributed by atoms with Gasteiger partial charge in [-0.15, -0.1) is 5.10 Å². The lowest BCUT2D eigenvalue weighted by Crippen LogP contribution is -2.17. The van der Waals surface area contributed by atoms with E-state index in [0.717, 1.165) is 18.0 Å². The minimum Gasteiger partial charge on any atom is -0.380 e. The molecule has 0 bridgehead atoms. The van der Waals surface area contributed by atoms with E-state index in [4.69, 9.17) is 0 Å². The van der Waals surface area contributed by atoms with Gasteiger partial charge >= 0.3 is 0 Å². The van der Waals surface area contributed by atoms with Gasteiger partial charge in [0.25, 0.3) is 0 Å². The van der Waals surface area contributed by atoms with E-state index in [-0.39, 0.29) is 11.9 Å². The summed E-state index contributed by atoms with van der Waals surface area (Å²) >= 11 is 0. The lowest BCUT2D eigenvalue weighted by molar-refractivity contribution is 0.609. The van der Waals surface area contributed by atoms with Crippen molar-refractivity contribution >= 4 is 5.69 Å². The first kappa shape index (κ1) is 12.1. The first-order valence-corrected chi connectivity index (χ1v) is 6.52. The molecule has 1 unspecified atom stereocenters. The van der Waals surface area contributed by atoms with Gasteiger partial charge in [-0.1, -0.05) is 12.8 Å². The van der Waals surface area contributed by atoms with E-state index < -0.39 is 0 Å². The van der Waals surface area contributed by atoms with Crippen molar-refractivity contribution < 1.29 is 4.39 Å². The number of nitrogens with zero attached hydrogens (tertiary/aromatic N) is 4. The van der Waals surface area contributed by atoms with Gasteiger partial charge in [0.05, 0.1) is 11.4 Å². The van der Waals surface area contributed by atoms with Gasteiger partial charge in [-0.2, -0.15) is 0 Å². The maximum atomic E-state index is 13.8. The lowest BCUT2D eigenvalue weighted by atomic mass is 10.1. The predicted octanol–water partition coefficient (Wildman–Crippen LogP) is 2.40. The van der Waals surface area contributed by atoms with Crippen LogP contribution in [0, 0.1) is 11.7 Å². The van der Waals surface area contributed by atoms with Crippen molar-refractivity contribution in [1.29, 1.82) is 0 Å². The third-order valence-corrected chi connectivity index (χ3v) is 3.35. The average molecular weight is 261 g/mol. The zero-order chi connectivity index (χ0) is 13.2. The van der Waals surface area contributed by atoms with E-state index in [9.17, 15) is 4.39 Å². The quantitative estimate of drug-likeness (QED) is 0.898. The molecule has 1 saturated carbocycles. The highest BCUT2D eigenvalue weighted by Gasteiger charge is 2.23. The topological polar surface area (TPSA) is 55.6 Å². The number of anilines is 1. The summed E-state index contributed by atoms with van der Waals surface area (Å²) in [7, 11) is 0. The van der Waals surface area contributed by atoms with Crippen LogP contribution in [-0.2, 0) is 0 Å². The van der Waals surface area contributed by atoms with E-state index >= 15 is 0 Å². The summed E-state index contributed by atoms with van der Waals surface area (Å²) in [6, 6.07) is 5.09. The van der Waals surface area contributed by atoms with Crippen LogP contribution in [0.15, 0.2) is 24.5 Å². The molecule has 6 heteroatoms. The van der Waals surface area contributed by atoms with Crippen molar-refractivity contribution in [2.45, 2.75) is 32.2 Å². The monoisotopic (exact) mass is 261 g/mol. The van der Waals surface area contributed by atoms with E-state index in [1.807, 2.05) is 0 Å². The smallest absolute Gasteiger partial charge is 0.146 e. The normalized spacial score (nSPS) is 16.3. The van der Waals surface area contributed by atoms with Crippen LogP contribution in [0.4, 0.5) is 10.1 Å². The standard InChI is InChI=1S/C13H16FN5/c1-9(6-10-2-3-10)16-13-7-11(4-5-12(13)14)19-8-15-17-18-19/h4-5,7-10,16H,2-3,6H2,1H3. The second-order valence-electron chi connectivity index (χ2n) is 5.14. The summed E-state index contributed by atoms with van der Waals surface area (Å²) in [5.41, 5.74) is 1.24. The number of halogens is 1. The highest BCUT2D eigenvalue weighted by molar-refractivity contribution is 5.52. The van der Waals surface area contributed by atoms with Gasteiger partial charge in [0.1, 0.15) is 12.1 Å². The Balaban J connectivity index is 1.77. The summed E-state index contributed by atoms with van der Waals surface area (Å²) < 4.78 is 15.3. The number of nitrogens with one attached hydrogen (secondary N) is 1. The fourth-order valence-electron chi connectivity index (χ4n) is 2.22. The average Bonchev–Trinajstić information content (AvgIpc) is 3.03. The van der Waals surface area contributed by atoms with Crippen LogP contribution < -0.4 is 5.32 Å². The van der Waals surface area contributed by atoms with Crippen molar-refractivity contribution in [1.82, 2.24) is 20.2 Å². The molecule has 2 aromatic rings. The van der Waals surface area contributed by atoms with Gasteiger partial charge < -0.3 is 5.32 Å². The lowest BCUT2D eigenvalue weighted by Gasteiger charge is -2.16. The molecule has 1 heterocycles. The van der Waals surface area contributed by atoms with Gasteiger partial charge in [0.15, 0.2) is 0 Å². The first-order chi connectivity index (χ1) is 9.22. The number of hydrogen-bond donors (Lipinski definition) is 1. The molecule has 0 aliphatic heterocycles. The summed E-state index contributed by atoms with van der Waals surface area (Å²) in [5, 5.41) is 14.2. The third kappa shape index (κ3) is 2.89. The number of aromatic nitrogens is 4. The molecular formula is C13H16FN5. The molecule has 0 saturated heterocycles. The minimum atomic E-state index is -0.250. The van der Waals surface area contributed by atoms with Crippen LogP contribution in [0.25, 0.3) is 5.69 Å². The predicted molar refractivity (Wildman–Crippen MR) is 69.5 cm³/mol. The van der Waals surface area contributed by atoms with Crippen LogP contribution in [-0.4, -0.2) is 26.2 Å². The SMILES string of the molecule is CC(CC1CC1)Nc1cc(-n2cnnn2)ccc1F. The Bertz CT molecular complexity index is 550. The Morgan fingerprint density at radius 1 is 1.47 bits per heavy atom. The number of benzene rings is 1. The molecule has 1 atom stereocenters. The second kappa shape index (κ2) is 4.95. The van der Waals surface area contributed by atoms with Crippen LogP contribution in [0.3, 0.4) is 0 Å². The highest BCUT2D eigenvalue weighted by atomic mass is 19.1. The largest absolute Gasteiger partial charge is 0.380 e. The molecule has 0 radical (unpaired) electrons. The van der Waals surface area contributed by atoms with Crippen molar-refractivity contribution in [2.75, 3.05) is 5.32 Å². The molecule has 5 nitrogen and oxygen atoms in total. The molecule has 1 aromatic carbocycles. The molecule has 3 rings (SSSR count). The Morgan fingerprint density at radius 3 is 3.00 bits per heavy atom. The summed E-state index contributed by atoms with van der Waals surface area (Å²) in [6.45, 7) is 2.08. The Hall–Kier alpha value is -1.98. The van der Waals surface area contributed by atoms with E-state index in [0.29, 0.717) is 5.69 Å². The summed E-state index contributed by atoms with van der Waals surface area (Å²) in [6.07, 6.45) is 5.19. The zero-order valence-electron chi connectivity index (χ0n) is 10.8. The second-order valence-corrected chi connectivity index (χ2v) is 5.14. The first-order valence-electron chi connectivity index (χ1n) is 6.52. The Kier molecular flexibility index (Phi) is 3.15. The Labute approximate surface area is 110 Å². The molecule has 1 aliphatic carbocycles. The van der Waals surface area contributed by atoms with Crippen LogP contribution in [0.5, 0.6) is 0 Å². The van der Waals surface area contributed by atoms with Crippen molar-refractivity contribution in [2.24, 2.45) is 5.92 Å². The van der Waals surface area contributed by atoms with Crippen LogP contribution >= 0.6 is 0 Å². The van der Waals surface area contributed by atoms with Gasteiger partial charge in [0.2, 0.25) is 0 Å². The zero-order valence-corrected chi connectivity index (χ0v) is 10.8. The Morgan fingerprint density at radius 2 is 2.32 bits per heavy atom. The molecule has 0 amide bonds. The fraction of sp³-hybridized carbons (Fsp3) is 0.462. The maximum Gasteiger partial charge on any atom is 0.146 e. The van der Waals surface area contributed by atoms with Gasteiger partial charge in [0, 0.05) is 6.04 Å². The highest BCUT2D eigenvalue weighted by Crippen LogP contribution is 2.34. The molecule has 19 heavy (non-hydrogen) atoms. The maximum absolute atomic E-state index is 13.8. The minimum absolute atomic E-state index is 0.250. The molecule has 1 aliphatic rings. The number of tetrazole rings is 1.